The second kappa shape index (κ2) is 3.98. The fraction of sp³-hybridized carbons (Fsp3) is 0.455. The summed E-state index contributed by atoms with van der Waals surface area (Å²) in [5.74, 6) is 1.32. The SMILES string of the molecule is COc1ccccc1[C@H]1CNC[C@H]1N. The molecule has 2 atom stereocenters. The first-order valence-corrected chi connectivity index (χ1v) is 4.92. The minimum Gasteiger partial charge on any atom is -0.496 e. The lowest BCUT2D eigenvalue weighted by Crippen LogP contribution is -2.27. The van der Waals surface area contributed by atoms with Gasteiger partial charge in [0.2, 0.25) is 0 Å². The molecule has 1 aliphatic heterocycles. The third-order valence-corrected chi connectivity index (χ3v) is 2.80. The quantitative estimate of drug-likeness (QED) is 0.725. The molecule has 14 heavy (non-hydrogen) atoms. The molecule has 0 aromatic heterocycles. The Kier molecular flexibility index (Phi) is 2.70. The van der Waals surface area contributed by atoms with E-state index < -0.39 is 0 Å². The van der Waals surface area contributed by atoms with Crippen LogP contribution >= 0.6 is 0 Å². The maximum atomic E-state index is 6.02. The third-order valence-electron chi connectivity index (χ3n) is 2.80. The monoisotopic (exact) mass is 192 g/mol. The minimum absolute atomic E-state index is 0.200. The van der Waals surface area contributed by atoms with Gasteiger partial charge in [-0.3, -0.25) is 0 Å². The second-order valence-electron chi connectivity index (χ2n) is 3.67. The van der Waals surface area contributed by atoms with Crippen molar-refractivity contribution < 1.29 is 4.74 Å². The van der Waals surface area contributed by atoms with Crippen LogP contribution < -0.4 is 15.8 Å². The van der Waals surface area contributed by atoms with E-state index in [0.717, 1.165) is 18.8 Å². The van der Waals surface area contributed by atoms with Crippen molar-refractivity contribution in [2.75, 3.05) is 20.2 Å². The van der Waals surface area contributed by atoms with Gasteiger partial charge >= 0.3 is 0 Å². The average Bonchev–Trinajstić information content (AvgIpc) is 2.64. The van der Waals surface area contributed by atoms with Crippen molar-refractivity contribution in [3.63, 3.8) is 0 Å². The molecule has 0 saturated carbocycles. The van der Waals surface area contributed by atoms with Crippen LogP contribution in [-0.4, -0.2) is 26.2 Å². The van der Waals surface area contributed by atoms with Gasteiger partial charge in [-0.25, -0.2) is 0 Å². The average molecular weight is 192 g/mol. The molecule has 0 spiro atoms. The number of para-hydroxylation sites is 1. The van der Waals surface area contributed by atoms with Gasteiger partial charge in [0.25, 0.3) is 0 Å². The summed E-state index contributed by atoms with van der Waals surface area (Å²) in [7, 11) is 1.70. The Morgan fingerprint density at radius 3 is 2.79 bits per heavy atom. The van der Waals surface area contributed by atoms with Crippen LogP contribution in [0.1, 0.15) is 11.5 Å². The van der Waals surface area contributed by atoms with Crippen LogP contribution in [0.15, 0.2) is 24.3 Å². The largest absolute Gasteiger partial charge is 0.496 e. The highest BCUT2D eigenvalue weighted by Crippen LogP contribution is 2.29. The minimum atomic E-state index is 0.200. The normalized spacial score (nSPS) is 26.4. The Labute approximate surface area is 84.3 Å². The van der Waals surface area contributed by atoms with E-state index in [0.29, 0.717) is 5.92 Å². The topological polar surface area (TPSA) is 47.3 Å². The van der Waals surface area contributed by atoms with Gasteiger partial charge in [0, 0.05) is 30.6 Å². The van der Waals surface area contributed by atoms with Crippen molar-refractivity contribution in [3.8, 4) is 5.75 Å². The highest BCUT2D eigenvalue weighted by molar-refractivity contribution is 5.38. The number of hydrogen-bond acceptors (Lipinski definition) is 3. The molecule has 0 aliphatic carbocycles. The van der Waals surface area contributed by atoms with Gasteiger partial charge in [-0.05, 0) is 6.07 Å². The fourth-order valence-electron chi connectivity index (χ4n) is 2.01. The molecule has 1 saturated heterocycles. The van der Waals surface area contributed by atoms with Crippen LogP contribution in [0.25, 0.3) is 0 Å². The summed E-state index contributed by atoms with van der Waals surface area (Å²) in [6.07, 6.45) is 0. The zero-order valence-corrected chi connectivity index (χ0v) is 8.36. The number of nitrogens with two attached hydrogens (primary N) is 1. The maximum Gasteiger partial charge on any atom is 0.122 e. The summed E-state index contributed by atoms with van der Waals surface area (Å²) in [4.78, 5) is 0. The number of nitrogens with one attached hydrogen (secondary N) is 1. The van der Waals surface area contributed by atoms with Gasteiger partial charge in [0.05, 0.1) is 7.11 Å². The van der Waals surface area contributed by atoms with E-state index in [2.05, 4.69) is 11.4 Å². The van der Waals surface area contributed by atoms with Crippen molar-refractivity contribution in [3.05, 3.63) is 29.8 Å². The van der Waals surface area contributed by atoms with Crippen LogP contribution in [-0.2, 0) is 0 Å². The lowest BCUT2D eigenvalue weighted by molar-refractivity contribution is 0.404. The van der Waals surface area contributed by atoms with Crippen molar-refractivity contribution in [2.24, 2.45) is 5.73 Å². The lowest BCUT2D eigenvalue weighted by Gasteiger charge is -2.17. The highest BCUT2D eigenvalue weighted by atomic mass is 16.5. The van der Waals surface area contributed by atoms with Gasteiger partial charge in [-0.15, -0.1) is 0 Å². The molecule has 1 fully saturated rings. The number of benzene rings is 1. The number of ether oxygens (including phenoxy) is 1. The summed E-state index contributed by atoms with van der Waals surface area (Å²) < 4.78 is 5.32. The summed E-state index contributed by atoms with van der Waals surface area (Å²) in [6.45, 7) is 1.84. The van der Waals surface area contributed by atoms with Crippen LogP contribution in [0.4, 0.5) is 0 Å². The Morgan fingerprint density at radius 2 is 2.14 bits per heavy atom. The molecule has 0 radical (unpaired) electrons. The Balaban J connectivity index is 2.30. The molecule has 0 unspecified atom stereocenters. The summed E-state index contributed by atoms with van der Waals surface area (Å²) in [6, 6.07) is 8.29. The van der Waals surface area contributed by atoms with Crippen LogP contribution in [0, 0.1) is 0 Å². The van der Waals surface area contributed by atoms with Crippen molar-refractivity contribution in [1.82, 2.24) is 5.32 Å². The Hall–Kier alpha value is -1.06. The zero-order valence-electron chi connectivity index (χ0n) is 8.36. The zero-order chi connectivity index (χ0) is 9.97. The number of methoxy groups -OCH3 is 1. The highest BCUT2D eigenvalue weighted by Gasteiger charge is 2.27. The first-order chi connectivity index (χ1) is 6.83. The molecule has 1 aromatic rings. The molecule has 0 bridgehead atoms. The van der Waals surface area contributed by atoms with E-state index in [1.807, 2.05) is 18.2 Å². The third kappa shape index (κ3) is 1.61. The van der Waals surface area contributed by atoms with E-state index in [1.165, 1.54) is 5.56 Å². The molecule has 3 heteroatoms. The van der Waals surface area contributed by atoms with Crippen molar-refractivity contribution in [1.29, 1.82) is 0 Å². The maximum absolute atomic E-state index is 6.02. The van der Waals surface area contributed by atoms with Gasteiger partial charge in [-0.2, -0.15) is 0 Å². The molecule has 2 rings (SSSR count). The van der Waals surface area contributed by atoms with E-state index in [4.69, 9.17) is 10.5 Å². The van der Waals surface area contributed by atoms with Gasteiger partial charge in [-0.1, -0.05) is 18.2 Å². The fourth-order valence-corrected chi connectivity index (χ4v) is 2.01. The molecular formula is C11H16N2O. The molecular weight excluding hydrogens is 176 g/mol. The van der Waals surface area contributed by atoms with Crippen molar-refractivity contribution in [2.45, 2.75) is 12.0 Å². The molecule has 3 N–H and O–H groups in total. The summed E-state index contributed by atoms with van der Waals surface area (Å²) >= 11 is 0. The van der Waals surface area contributed by atoms with Crippen molar-refractivity contribution >= 4 is 0 Å². The van der Waals surface area contributed by atoms with Gasteiger partial charge in [0.15, 0.2) is 0 Å². The Bertz CT molecular complexity index is 314. The molecule has 0 amide bonds. The van der Waals surface area contributed by atoms with E-state index in [-0.39, 0.29) is 6.04 Å². The summed E-state index contributed by atoms with van der Waals surface area (Å²) in [5, 5.41) is 3.29. The molecule has 1 aromatic carbocycles. The van der Waals surface area contributed by atoms with Crippen LogP contribution in [0.5, 0.6) is 5.75 Å². The van der Waals surface area contributed by atoms with Gasteiger partial charge in [0.1, 0.15) is 5.75 Å². The second-order valence-corrected chi connectivity index (χ2v) is 3.67. The molecule has 76 valence electrons. The van der Waals surface area contributed by atoms with E-state index in [9.17, 15) is 0 Å². The molecule has 3 nitrogen and oxygen atoms in total. The Morgan fingerprint density at radius 1 is 1.36 bits per heavy atom. The van der Waals surface area contributed by atoms with E-state index >= 15 is 0 Å². The van der Waals surface area contributed by atoms with E-state index in [1.54, 1.807) is 7.11 Å². The van der Waals surface area contributed by atoms with Crippen LogP contribution in [0.3, 0.4) is 0 Å². The first kappa shape index (κ1) is 9.49. The summed E-state index contributed by atoms with van der Waals surface area (Å²) in [5.41, 5.74) is 7.23. The lowest BCUT2D eigenvalue weighted by atomic mass is 9.94. The standard InChI is InChI=1S/C11H16N2O/c1-14-11-5-3-2-4-8(11)9-6-13-7-10(9)12/h2-5,9-10,13H,6-7,12H2,1H3/t9-,10-/m1/s1. The number of hydrogen-bond donors (Lipinski definition) is 2. The number of rotatable bonds is 2. The smallest absolute Gasteiger partial charge is 0.122 e. The predicted molar refractivity (Wildman–Crippen MR) is 56.6 cm³/mol. The molecule has 1 aliphatic rings. The molecule has 1 heterocycles. The first-order valence-electron chi connectivity index (χ1n) is 4.92. The predicted octanol–water partition coefficient (Wildman–Crippen LogP) is 0.709. The van der Waals surface area contributed by atoms with Crippen LogP contribution in [0.2, 0.25) is 0 Å². The van der Waals surface area contributed by atoms with Gasteiger partial charge < -0.3 is 15.8 Å².